The van der Waals surface area contributed by atoms with Gasteiger partial charge in [0.15, 0.2) is 11.6 Å². The number of nitrogens with zero attached hydrogens (tertiary/aromatic N) is 7. The maximum absolute atomic E-state index is 5.89. The molecule has 1 unspecified atom stereocenters. The molecule has 1 atom stereocenters. The van der Waals surface area contributed by atoms with Crippen LogP contribution in [0.5, 0.6) is 0 Å². The zero-order chi connectivity index (χ0) is 19.3. The Kier molecular flexibility index (Phi) is 5.70. The third kappa shape index (κ3) is 4.24. The van der Waals surface area contributed by atoms with E-state index in [2.05, 4.69) is 30.6 Å². The topological polar surface area (TPSA) is 104 Å². The SMILES string of the molecule is COCCn1nnnc1C1CN(Cc2noc(-c3ccc(C)cc3)n2)CCO1. The van der Waals surface area contributed by atoms with Crippen molar-refractivity contribution < 1.29 is 14.0 Å². The quantitative estimate of drug-likeness (QED) is 0.594. The highest BCUT2D eigenvalue weighted by Crippen LogP contribution is 2.22. The van der Waals surface area contributed by atoms with Crippen molar-refractivity contribution in [3.63, 3.8) is 0 Å². The molecule has 1 aromatic carbocycles. The Morgan fingerprint density at radius 2 is 2.11 bits per heavy atom. The lowest BCUT2D eigenvalue weighted by molar-refractivity contribution is -0.0405. The summed E-state index contributed by atoms with van der Waals surface area (Å²) in [6.45, 7) is 5.78. The van der Waals surface area contributed by atoms with Crippen molar-refractivity contribution in [2.45, 2.75) is 26.1 Å². The second kappa shape index (κ2) is 8.55. The summed E-state index contributed by atoms with van der Waals surface area (Å²) in [7, 11) is 1.65. The molecular weight excluding hydrogens is 362 g/mol. The number of rotatable bonds is 7. The lowest BCUT2D eigenvalue weighted by Crippen LogP contribution is -2.39. The van der Waals surface area contributed by atoms with E-state index < -0.39 is 0 Å². The molecule has 2 aromatic heterocycles. The van der Waals surface area contributed by atoms with Gasteiger partial charge in [-0.1, -0.05) is 22.9 Å². The van der Waals surface area contributed by atoms with Crippen LogP contribution in [0.25, 0.3) is 11.5 Å². The average molecular weight is 385 g/mol. The Balaban J connectivity index is 1.40. The largest absolute Gasteiger partial charge is 0.383 e. The van der Waals surface area contributed by atoms with Crippen molar-refractivity contribution in [2.24, 2.45) is 0 Å². The number of ether oxygens (including phenoxy) is 2. The Hall–Kier alpha value is -2.69. The number of aromatic nitrogens is 6. The van der Waals surface area contributed by atoms with Gasteiger partial charge in [0.1, 0.15) is 6.10 Å². The number of hydrogen-bond acceptors (Lipinski definition) is 9. The van der Waals surface area contributed by atoms with Crippen molar-refractivity contribution in [3.05, 3.63) is 41.5 Å². The summed E-state index contributed by atoms with van der Waals surface area (Å²) in [6.07, 6.45) is -0.205. The fourth-order valence-electron chi connectivity index (χ4n) is 3.11. The van der Waals surface area contributed by atoms with Gasteiger partial charge in [-0.2, -0.15) is 4.98 Å². The Bertz CT molecular complexity index is 893. The molecule has 0 bridgehead atoms. The normalized spacial score (nSPS) is 17.9. The third-order valence-electron chi connectivity index (χ3n) is 4.64. The maximum Gasteiger partial charge on any atom is 0.257 e. The van der Waals surface area contributed by atoms with Crippen LogP contribution in [0.15, 0.2) is 28.8 Å². The van der Waals surface area contributed by atoms with Crippen LogP contribution in [-0.4, -0.2) is 68.7 Å². The molecule has 1 aliphatic rings. The van der Waals surface area contributed by atoms with Crippen LogP contribution in [-0.2, 0) is 22.6 Å². The highest BCUT2D eigenvalue weighted by molar-refractivity contribution is 5.53. The van der Waals surface area contributed by atoms with Gasteiger partial charge in [0, 0.05) is 25.8 Å². The van der Waals surface area contributed by atoms with E-state index in [4.69, 9.17) is 14.0 Å². The highest BCUT2D eigenvalue weighted by atomic mass is 16.5. The molecule has 0 spiro atoms. The minimum Gasteiger partial charge on any atom is -0.383 e. The molecule has 148 valence electrons. The summed E-state index contributed by atoms with van der Waals surface area (Å²) >= 11 is 0. The molecule has 3 aromatic rings. The number of aryl methyl sites for hydroxylation is 1. The molecule has 0 radical (unpaired) electrons. The lowest BCUT2D eigenvalue weighted by Gasteiger charge is -2.31. The van der Waals surface area contributed by atoms with Gasteiger partial charge in [-0.05, 0) is 29.5 Å². The zero-order valence-electron chi connectivity index (χ0n) is 16.0. The standard InChI is InChI=1S/C18H23N7O3/c1-13-3-5-14(6-4-13)18-19-16(21-28-18)12-24-7-10-27-15(11-24)17-20-22-23-25(17)8-9-26-2/h3-6,15H,7-12H2,1-2H3. The molecule has 10 heteroatoms. The van der Waals surface area contributed by atoms with Crippen molar-refractivity contribution in [2.75, 3.05) is 33.4 Å². The maximum atomic E-state index is 5.89. The van der Waals surface area contributed by atoms with Crippen molar-refractivity contribution in [3.8, 4) is 11.5 Å². The van der Waals surface area contributed by atoms with Gasteiger partial charge in [-0.25, -0.2) is 4.68 Å². The molecule has 10 nitrogen and oxygen atoms in total. The predicted octanol–water partition coefficient (Wildman–Crippen LogP) is 1.25. The van der Waals surface area contributed by atoms with Gasteiger partial charge in [0.05, 0.1) is 26.3 Å². The fraction of sp³-hybridized carbons (Fsp3) is 0.500. The highest BCUT2D eigenvalue weighted by Gasteiger charge is 2.27. The number of hydrogen-bond donors (Lipinski definition) is 0. The van der Waals surface area contributed by atoms with Crippen LogP contribution in [0.1, 0.15) is 23.3 Å². The smallest absolute Gasteiger partial charge is 0.257 e. The predicted molar refractivity (Wildman–Crippen MR) is 98.1 cm³/mol. The molecule has 28 heavy (non-hydrogen) atoms. The van der Waals surface area contributed by atoms with Crippen LogP contribution >= 0.6 is 0 Å². The van der Waals surface area contributed by atoms with E-state index in [1.807, 2.05) is 31.2 Å². The lowest BCUT2D eigenvalue weighted by atomic mass is 10.1. The molecule has 0 N–H and O–H groups in total. The molecule has 1 fully saturated rings. The van der Waals surface area contributed by atoms with E-state index in [0.717, 1.165) is 12.1 Å². The molecular formula is C18H23N7O3. The van der Waals surface area contributed by atoms with Gasteiger partial charge in [0.25, 0.3) is 5.89 Å². The van der Waals surface area contributed by atoms with Crippen LogP contribution in [0, 0.1) is 6.92 Å². The molecule has 0 aliphatic carbocycles. The van der Waals surface area contributed by atoms with Crippen molar-refractivity contribution in [1.82, 2.24) is 35.2 Å². The fourth-order valence-corrected chi connectivity index (χ4v) is 3.11. The molecule has 1 saturated heterocycles. The first kappa shape index (κ1) is 18.7. The minimum atomic E-state index is -0.205. The van der Waals surface area contributed by atoms with Crippen LogP contribution in [0.2, 0.25) is 0 Å². The summed E-state index contributed by atoms with van der Waals surface area (Å²) in [5.74, 6) is 1.88. The third-order valence-corrected chi connectivity index (χ3v) is 4.64. The summed E-state index contributed by atoms with van der Waals surface area (Å²) in [5.41, 5.74) is 2.11. The summed E-state index contributed by atoms with van der Waals surface area (Å²) < 4.78 is 18.1. The first-order valence-electron chi connectivity index (χ1n) is 9.21. The summed E-state index contributed by atoms with van der Waals surface area (Å²) in [5, 5.41) is 16.0. The average Bonchev–Trinajstić information content (AvgIpc) is 3.37. The van der Waals surface area contributed by atoms with Crippen LogP contribution in [0.3, 0.4) is 0 Å². The molecule has 3 heterocycles. The first-order valence-corrected chi connectivity index (χ1v) is 9.21. The summed E-state index contributed by atoms with van der Waals surface area (Å²) in [6, 6.07) is 8.02. The zero-order valence-corrected chi connectivity index (χ0v) is 16.0. The van der Waals surface area contributed by atoms with Gasteiger partial charge in [-0.15, -0.1) is 5.10 Å². The van der Waals surface area contributed by atoms with Crippen LogP contribution in [0.4, 0.5) is 0 Å². The number of morpholine rings is 1. The molecule has 0 amide bonds. The van der Waals surface area contributed by atoms with Gasteiger partial charge in [0.2, 0.25) is 0 Å². The Morgan fingerprint density at radius 1 is 1.25 bits per heavy atom. The van der Waals surface area contributed by atoms with Gasteiger partial charge >= 0.3 is 0 Å². The number of tetrazole rings is 1. The van der Waals surface area contributed by atoms with Crippen molar-refractivity contribution in [1.29, 1.82) is 0 Å². The first-order chi connectivity index (χ1) is 13.7. The Labute approximate surface area is 162 Å². The van der Waals surface area contributed by atoms with E-state index in [1.165, 1.54) is 5.56 Å². The van der Waals surface area contributed by atoms with E-state index in [1.54, 1.807) is 11.8 Å². The monoisotopic (exact) mass is 385 g/mol. The number of benzene rings is 1. The van der Waals surface area contributed by atoms with Crippen molar-refractivity contribution >= 4 is 0 Å². The molecule has 4 rings (SSSR count). The second-order valence-electron chi connectivity index (χ2n) is 6.73. The minimum absolute atomic E-state index is 0.205. The Morgan fingerprint density at radius 3 is 2.93 bits per heavy atom. The van der Waals surface area contributed by atoms with Gasteiger partial charge < -0.3 is 14.0 Å². The second-order valence-corrected chi connectivity index (χ2v) is 6.73. The number of methoxy groups -OCH3 is 1. The van der Waals surface area contributed by atoms with Crippen LogP contribution < -0.4 is 0 Å². The van der Waals surface area contributed by atoms with E-state index in [9.17, 15) is 0 Å². The van der Waals surface area contributed by atoms with E-state index in [-0.39, 0.29) is 6.10 Å². The summed E-state index contributed by atoms with van der Waals surface area (Å²) in [4.78, 5) is 6.74. The van der Waals surface area contributed by atoms with E-state index in [0.29, 0.717) is 50.4 Å². The van der Waals surface area contributed by atoms with Gasteiger partial charge in [-0.3, -0.25) is 4.90 Å². The van der Waals surface area contributed by atoms with E-state index >= 15 is 0 Å². The molecule has 0 saturated carbocycles. The molecule has 1 aliphatic heterocycles.